The maximum absolute atomic E-state index is 11.8. The number of hydrogen-bond acceptors (Lipinski definition) is 5. The third kappa shape index (κ3) is 7.64. The van der Waals surface area contributed by atoms with Crippen molar-refractivity contribution in [1.82, 2.24) is 15.3 Å². The largest absolute Gasteiger partial charge is 0.444 e. The Balaban J connectivity index is 1.40. The van der Waals surface area contributed by atoms with Gasteiger partial charge in [-0.25, -0.2) is 9.78 Å². The average molecular weight is 543 g/mol. The van der Waals surface area contributed by atoms with E-state index in [0.717, 1.165) is 63.5 Å². The van der Waals surface area contributed by atoms with Crippen LogP contribution in [0, 0.1) is 0 Å². The van der Waals surface area contributed by atoms with Crippen molar-refractivity contribution in [2.75, 3.05) is 6.54 Å². The third-order valence-corrected chi connectivity index (χ3v) is 7.20. The van der Waals surface area contributed by atoms with E-state index < -0.39 is 16.8 Å². The van der Waals surface area contributed by atoms with Gasteiger partial charge in [0.25, 0.3) is 0 Å². The number of nitrogens with zero attached hydrogens (tertiary/aromatic N) is 1. The Kier molecular flexibility index (Phi) is 8.62. The van der Waals surface area contributed by atoms with Gasteiger partial charge in [-0.15, -0.1) is 0 Å². The topological polar surface area (TPSA) is 96.5 Å². The van der Waals surface area contributed by atoms with E-state index >= 15 is 0 Å². The van der Waals surface area contributed by atoms with E-state index in [4.69, 9.17) is 14.4 Å². The van der Waals surface area contributed by atoms with Crippen LogP contribution >= 0.6 is 0 Å². The molecule has 0 atom stereocenters. The summed E-state index contributed by atoms with van der Waals surface area (Å²) in [5.41, 5.74) is 2.93. The number of aryl methyl sites for hydroxylation is 1. The number of alkyl carbamates (subject to hydrolysis) is 1. The fraction of sp³-hybridized carbons (Fsp3) is 0.438. The first-order valence-electron chi connectivity index (χ1n) is 13.9. The number of unbranched alkanes of at least 4 members (excludes halogenated alkanes) is 1. The van der Waals surface area contributed by atoms with Crippen LogP contribution < -0.4 is 10.8 Å². The molecule has 7 nitrogen and oxygen atoms in total. The number of carbonyl (C=O) groups is 1. The second-order valence-corrected chi connectivity index (χ2v) is 12.4. The van der Waals surface area contributed by atoms with Crippen LogP contribution in [0.4, 0.5) is 4.79 Å². The van der Waals surface area contributed by atoms with Gasteiger partial charge in [0, 0.05) is 13.0 Å². The van der Waals surface area contributed by atoms with Gasteiger partial charge in [-0.05, 0) is 101 Å². The molecule has 0 spiro atoms. The molecule has 0 saturated carbocycles. The molecular weight excluding hydrogens is 501 g/mol. The van der Waals surface area contributed by atoms with Gasteiger partial charge in [0.05, 0.1) is 22.2 Å². The number of ether oxygens (including phenoxy) is 1. The Morgan fingerprint density at radius 1 is 0.925 bits per heavy atom. The molecular formula is C32H41BN3O4. The molecule has 4 aromatic rings. The lowest BCUT2D eigenvalue weighted by molar-refractivity contribution is -0.0893. The molecule has 3 aromatic carbocycles. The van der Waals surface area contributed by atoms with Crippen molar-refractivity contribution in [3.8, 4) is 11.1 Å². The van der Waals surface area contributed by atoms with Crippen LogP contribution in [0.2, 0.25) is 0 Å². The quantitative estimate of drug-likeness (QED) is 0.168. The molecule has 0 aliphatic carbocycles. The molecule has 0 aliphatic rings. The van der Waals surface area contributed by atoms with Gasteiger partial charge in [0.15, 0.2) is 0 Å². The minimum absolute atomic E-state index is 0.380. The predicted octanol–water partition coefficient (Wildman–Crippen LogP) is 6.04. The summed E-state index contributed by atoms with van der Waals surface area (Å²) in [4.78, 5) is 20.0. The van der Waals surface area contributed by atoms with E-state index in [1.165, 1.54) is 0 Å². The minimum Gasteiger partial charge on any atom is -0.444 e. The van der Waals surface area contributed by atoms with Gasteiger partial charge in [-0.2, -0.15) is 0 Å². The van der Waals surface area contributed by atoms with Crippen molar-refractivity contribution in [2.45, 2.75) is 84.5 Å². The number of carbonyl (C=O) groups excluding carboxylic acids is 1. The molecule has 1 aromatic heterocycles. The lowest BCUT2D eigenvalue weighted by Gasteiger charge is -2.37. The molecule has 3 N–H and O–H groups in total. The van der Waals surface area contributed by atoms with Crippen LogP contribution in [0.1, 0.15) is 67.1 Å². The van der Waals surface area contributed by atoms with E-state index in [-0.39, 0.29) is 6.09 Å². The fourth-order valence-electron chi connectivity index (χ4n) is 4.16. The average Bonchev–Trinajstić information content (AvgIpc) is 3.27. The normalized spacial score (nSPS) is 12.6. The number of amides is 1. The van der Waals surface area contributed by atoms with E-state index in [1.807, 2.05) is 40.7 Å². The first-order chi connectivity index (χ1) is 18.7. The van der Waals surface area contributed by atoms with E-state index in [2.05, 4.69) is 58.8 Å². The SMILES string of the molecule is CC(C)(C)OC(=O)NCCCCc1nc2ccc(-c3ccc4ccc([B]OC(C)(C)C(C)(C)O)cc4c3)cc2[nH]1. The van der Waals surface area contributed by atoms with Crippen molar-refractivity contribution in [1.29, 1.82) is 0 Å². The highest BCUT2D eigenvalue weighted by molar-refractivity contribution is 6.47. The standard InChI is InChI=1S/C32H41BN3O4/c1-30(2,3)39-29(37)34-17-9-8-10-28-35-26-16-14-23(20-27(26)36-28)22-12-11-21-13-15-25(19-24(21)18-22)33-40-32(6,7)31(4,5)38/h11-16,18-20,38H,8-10,17H2,1-7H3,(H,34,37)(H,35,36). The summed E-state index contributed by atoms with van der Waals surface area (Å²) < 4.78 is 11.2. The summed E-state index contributed by atoms with van der Waals surface area (Å²) in [5, 5.41) is 15.4. The molecule has 4 rings (SSSR count). The number of nitrogens with one attached hydrogen (secondary N) is 2. The second kappa shape index (κ2) is 11.6. The first kappa shape index (κ1) is 29.6. The summed E-state index contributed by atoms with van der Waals surface area (Å²) in [6, 6.07) is 18.9. The fourth-order valence-corrected chi connectivity index (χ4v) is 4.16. The van der Waals surface area contributed by atoms with E-state index in [9.17, 15) is 9.90 Å². The van der Waals surface area contributed by atoms with Crippen molar-refractivity contribution in [3.05, 3.63) is 60.4 Å². The molecule has 1 heterocycles. The monoisotopic (exact) mass is 542 g/mol. The molecule has 0 saturated heterocycles. The number of H-pyrrole nitrogens is 1. The Labute approximate surface area is 238 Å². The Hall–Kier alpha value is -3.36. The maximum Gasteiger partial charge on any atom is 0.407 e. The molecule has 0 bridgehead atoms. The minimum atomic E-state index is -0.975. The zero-order valence-corrected chi connectivity index (χ0v) is 24.7. The molecule has 40 heavy (non-hydrogen) atoms. The molecule has 0 unspecified atom stereocenters. The summed E-state index contributed by atoms with van der Waals surface area (Å²) in [6.07, 6.45) is 2.18. The molecule has 211 valence electrons. The van der Waals surface area contributed by atoms with Gasteiger partial charge < -0.3 is 24.8 Å². The predicted molar refractivity (Wildman–Crippen MR) is 163 cm³/mol. The molecule has 0 fully saturated rings. The van der Waals surface area contributed by atoms with Crippen LogP contribution in [-0.2, 0) is 15.8 Å². The van der Waals surface area contributed by atoms with Crippen molar-refractivity contribution in [2.24, 2.45) is 0 Å². The number of imidazole rings is 1. The second-order valence-electron chi connectivity index (χ2n) is 12.4. The van der Waals surface area contributed by atoms with Crippen LogP contribution in [-0.4, -0.2) is 52.0 Å². The highest BCUT2D eigenvalue weighted by Gasteiger charge is 2.35. The number of aliphatic hydroxyl groups is 1. The van der Waals surface area contributed by atoms with Crippen molar-refractivity contribution in [3.63, 3.8) is 0 Å². The van der Waals surface area contributed by atoms with Gasteiger partial charge in [0.2, 0.25) is 0 Å². The van der Waals surface area contributed by atoms with E-state index in [1.54, 1.807) is 21.3 Å². The van der Waals surface area contributed by atoms with Crippen LogP contribution in [0.5, 0.6) is 0 Å². The van der Waals surface area contributed by atoms with Gasteiger partial charge in [-0.1, -0.05) is 41.9 Å². The number of hydrogen-bond donors (Lipinski definition) is 3. The van der Waals surface area contributed by atoms with E-state index in [0.29, 0.717) is 6.54 Å². The highest BCUT2D eigenvalue weighted by atomic mass is 16.6. The molecule has 1 amide bonds. The molecule has 1 radical (unpaired) electrons. The first-order valence-corrected chi connectivity index (χ1v) is 13.9. The lowest BCUT2D eigenvalue weighted by atomic mass is 9.82. The third-order valence-electron chi connectivity index (χ3n) is 7.20. The Bertz CT molecular complexity index is 1480. The van der Waals surface area contributed by atoms with Crippen LogP contribution in [0.15, 0.2) is 54.6 Å². The molecule has 0 aliphatic heterocycles. The number of aromatic nitrogens is 2. The summed E-state index contributed by atoms with van der Waals surface area (Å²) in [5.74, 6) is 0.942. The molecule has 8 heteroatoms. The smallest absolute Gasteiger partial charge is 0.407 e. The van der Waals surface area contributed by atoms with Gasteiger partial charge >= 0.3 is 13.6 Å². The number of aromatic amines is 1. The number of fused-ring (bicyclic) bond motifs is 2. The van der Waals surface area contributed by atoms with Crippen LogP contribution in [0.25, 0.3) is 32.9 Å². The van der Waals surface area contributed by atoms with Crippen LogP contribution in [0.3, 0.4) is 0 Å². The zero-order chi connectivity index (χ0) is 29.1. The van der Waals surface area contributed by atoms with Gasteiger partial charge in [0.1, 0.15) is 11.4 Å². The lowest BCUT2D eigenvalue weighted by Crippen LogP contribution is -2.49. The number of rotatable bonds is 10. The number of benzene rings is 3. The zero-order valence-electron chi connectivity index (χ0n) is 24.7. The highest BCUT2D eigenvalue weighted by Crippen LogP contribution is 2.28. The summed E-state index contributed by atoms with van der Waals surface area (Å²) in [6.45, 7) is 13.4. The summed E-state index contributed by atoms with van der Waals surface area (Å²) in [7, 11) is 1.72. The van der Waals surface area contributed by atoms with Gasteiger partial charge in [-0.3, -0.25) is 0 Å². The van der Waals surface area contributed by atoms with Crippen molar-refractivity contribution >= 4 is 40.8 Å². The Morgan fingerprint density at radius 3 is 2.35 bits per heavy atom. The maximum atomic E-state index is 11.8. The van der Waals surface area contributed by atoms with Crippen molar-refractivity contribution < 1.29 is 19.3 Å². The Morgan fingerprint density at radius 2 is 1.62 bits per heavy atom. The summed E-state index contributed by atoms with van der Waals surface area (Å²) >= 11 is 0.